The van der Waals surface area contributed by atoms with Crippen LogP contribution in [0.5, 0.6) is 0 Å². The number of ether oxygens (including phenoxy) is 1. The molecule has 0 radical (unpaired) electrons. The van der Waals surface area contributed by atoms with Crippen molar-refractivity contribution in [1.29, 1.82) is 0 Å². The minimum absolute atomic E-state index is 0.00244. The van der Waals surface area contributed by atoms with E-state index in [4.69, 9.17) is 4.74 Å². The predicted molar refractivity (Wildman–Crippen MR) is 104 cm³/mol. The minimum atomic E-state index is -0.619. The highest BCUT2D eigenvalue weighted by atomic mass is 16.5. The Labute approximate surface area is 164 Å². The molecule has 4 heteroatoms. The lowest BCUT2D eigenvalue weighted by atomic mass is 9.45. The van der Waals surface area contributed by atoms with Crippen molar-refractivity contribution in [3.63, 3.8) is 0 Å². The second kappa shape index (κ2) is 7.33. The van der Waals surface area contributed by atoms with Crippen molar-refractivity contribution in [1.82, 2.24) is 0 Å². The molecule has 0 unspecified atom stereocenters. The van der Waals surface area contributed by atoms with E-state index in [-0.39, 0.29) is 11.3 Å². The van der Waals surface area contributed by atoms with Gasteiger partial charge in [-0.05, 0) is 99.7 Å². The van der Waals surface area contributed by atoms with E-state index in [1.165, 1.54) is 25.7 Å². The molecule has 4 rings (SSSR count). The average molecular weight is 379 g/mol. The minimum Gasteiger partial charge on any atom is -0.481 e. The van der Waals surface area contributed by atoms with Gasteiger partial charge < -0.3 is 14.9 Å². The molecule has 4 aliphatic rings. The van der Waals surface area contributed by atoms with Crippen LogP contribution in [0.2, 0.25) is 0 Å². The summed E-state index contributed by atoms with van der Waals surface area (Å²) in [5.41, 5.74) is -0.616. The maximum absolute atomic E-state index is 11.9. The molecule has 0 aliphatic heterocycles. The molecule has 4 nitrogen and oxygen atoms in total. The van der Waals surface area contributed by atoms with E-state index in [9.17, 15) is 15.0 Å². The smallest absolute Gasteiger partial charge is 0.307 e. The lowest BCUT2D eigenvalue weighted by Gasteiger charge is -2.60. The number of rotatable bonds is 4. The number of aliphatic hydroxyl groups is 1. The predicted octanol–water partition coefficient (Wildman–Crippen LogP) is 4.50. The zero-order valence-electron chi connectivity index (χ0n) is 17.2. The first-order valence-electron chi connectivity index (χ1n) is 11.4. The van der Waals surface area contributed by atoms with Gasteiger partial charge in [-0.25, -0.2) is 0 Å². The van der Waals surface area contributed by atoms with Crippen molar-refractivity contribution in [2.45, 2.75) is 83.7 Å². The molecule has 0 heterocycles. The third-order valence-electron chi connectivity index (χ3n) is 9.22. The summed E-state index contributed by atoms with van der Waals surface area (Å²) >= 11 is 0. The monoisotopic (exact) mass is 378 g/mol. The molecule has 0 amide bonds. The van der Waals surface area contributed by atoms with Crippen molar-refractivity contribution in [2.75, 3.05) is 13.2 Å². The average Bonchev–Trinajstić information content (AvgIpc) is 2.64. The fraction of sp³-hybridized carbons (Fsp3) is 0.957. The highest BCUT2D eigenvalue weighted by molar-refractivity contribution is 5.71. The molecule has 4 fully saturated rings. The third kappa shape index (κ3) is 3.35. The summed E-state index contributed by atoms with van der Waals surface area (Å²) in [5.74, 6) is 2.73. The Morgan fingerprint density at radius 1 is 1.04 bits per heavy atom. The van der Waals surface area contributed by atoms with E-state index < -0.39 is 11.6 Å². The number of fused-ring (bicyclic) bond motifs is 5. The van der Waals surface area contributed by atoms with Crippen LogP contribution in [0.25, 0.3) is 0 Å². The molecule has 4 aliphatic carbocycles. The van der Waals surface area contributed by atoms with Crippen molar-refractivity contribution >= 4 is 5.97 Å². The second-order valence-electron chi connectivity index (χ2n) is 10.4. The zero-order valence-corrected chi connectivity index (χ0v) is 17.2. The molecule has 0 bridgehead atoms. The van der Waals surface area contributed by atoms with Crippen molar-refractivity contribution in [3.8, 4) is 0 Å². The van der Waals surface area contributed by atoms with Crippen LogP contribution in [0.15, 0.2) is 0 Å². The van der Waals surface area contributed by atoms with Crippen LogP contribution < -0.4 is 0 Å². The molecule has 154 valence electrons. The van der Waals surface area contributed by atoms with E-state index in [2.05, 4.69) is 6.92 Å². The number of carboxylic acid groups (broad SMARTS) is 1. The third-order valence-corrected chi connectivity index (χ3v) is 9.22. The standard InChI is InChI=1S/C23H38O4/c1-3-27-14-23(26)12-10-16-15(13-23)7-8-18-17(16)9-11-22(2)19(18)5-4-6-20(22)21(24)25/h15-20,26H,3-14H2,1-2H3,(H,24,25)/t15-,16+,17-,18-,19+,20-,22+,23-/m1/s1. The van der Waals surface area contributed by atoms with Crippen molar-refractivity contribution in [3.05, 3.63) is 0 Å². The van der Waals surface area contributed by atoms with Gasteiger partial charge in [-0.15, -0.1) is 0 Å². The quantitative estimate of drug-likeness (QED) is 0.756. The Balaban J connectivity index is 1.49. The van der Waals surface area contributed by atoms with Gasteiger partial charge >= 0.3 is 5.97 Å². The number of aliphatic carboxylic acids is 1. The van der Waals surface area contributed by atoms with Crippen LogP contribution in [0.1, 0.15) is 78.1 Å². The maximum Gasteiger partial charge on any atom is 0.307 e. The first kappa shape index (κ1) is 19.7. The number of hydrogen-bond acceptors (Lipinski definition) is 3. The summed E-state index contributed by atoms with van der Waals surface area (Å²) < 4.78 is 5.57. The fourth-order valence-corrected chi connectivity index (χ4v) is 7.99. The van der Waals surface area contributed by atoms with Gasteiger partial charge in [-0.3, -0.25) is 4.79 Å². The van der Waals surface area contributed by atoms with Gasteiger partial charge in [0.15, 0.2) is 0 Å². The molecule has 0 spiro atoms. The van der Waals surface area contributed by atoms with E-state index >= 15 is 0 Å². The van der Waals surface area contributed by atoms with Crippen LogP contribution in [-0.2, 0) is 9.53 Å². The number of carbonyl (C=O) groups is 1. The molecular formula is C23H38O4. The fourth-order valence-electron chi connectivity index (χ4n) is 7.99. The van der Waals surface area contributed by atoms with Crippen molar-refractivity contribution < 1.29 is 19.7 Å². The molecule has 0 aromatic heterocycles. The van der Waals surface area contributed by atoms with Gasteiger partial charge in [0.25, 0.3) is 0 Å². The highest BCUT2D eigenvalue weighted by Gasteiger charge is 2.57. The highest BCUT2D eigenvalue weighted by Crippen LogP contribution is 2.63. The second-order valence-corrected chi connectivity index (χ2v) is 10.4. The van der Waals surface area contributed by atoms with Crippen LogP contribution in [0.4, 0.5) is 0 Å². The molecule has 0 saturated heterocycles. The zero-order chi connectivity index (χ0) is 19.2. The van der Waals surface area contributed by atoms with Crippen LogP contribution in [0.3, 0.4) is 0 Å². The van der Waals surface area contributed by atoms with Crippen LogP contribution in [0, 0.1) is 40.9 Å². The van der Waals surface area contributed by atoms with Gasteiger partial charge in [0.05, 0.1) is 18.1 Å². The van der Waals surface area contributed by atoms with E-state index in [0.29, 0.717) is 31.0 Å². The van der Waals surface area contributed by atoms with Gasteiger partial charge in [0.1, 0.15) is 0 Å². The Morgan fingerprint density at radius 2 is 1.81 bits per heavy atom. The lowest BCUT2D eigenvalue weighted by Crippen LogP contribution is -2.55. The summed E-state index contributed by atoms with van der Waals surface area (Å²) in [6.07, 6.45) is 10.8. The largest absolute Gasteiger partial charge is 0.481 e. The molecule has 0 aromatic carbocycles. The molecule has 4 saturated carbocycles. The Bertz CT molecular complexity index is 563. The normalized spacial score (nSPS) is 49.6. The SMILES string of the molecule is CCOC[C@@]1(O)CC[C@H]2[C@H](CC[C@@H]3[C@@H]2CC[C@]2(C)[C@@H](C(=O)O)CCC[C@@H]32)C1. The Hall–Kier alpha value is -0.610. The van der Waals surface area contributed by atoms with E-state index in [0.717, 1.165) is 50.4 Å². The number of hydrogen-bond donors (Lipinski definition) is 2. The molecular weight excluding hydrogens is 340 g/mol. The molecule has 8 atom stereocenters. The van der Waals surface area contributed by atoms with Gasteiger partial charge in [-0.2, -0.15) is 0 Å². The lowest BCUT2D eigenvalue weighted by molar-refractivity contribution is -0.166. The summed E-state index contributed by atoms with van der Waals surface area (Å²) in [4.78, 5) is 11.9. The molecule has 0 aromatic rings. The van der Waals surface area contributed by atoms with Gasteiger partial charge in [-0.1, -0.05) is 13.3 Å². The van der Waals surface area contributed by atoms with Gasteiger partial charge in [0.2, 0.25) is 0 Å². The summed E-state index contributed by atoms with van der Waals surface area (Å²) in [6, 6.07) is 0. The summed E-state index contributed by atoms with van der Waals surface area (Å²) in [5, 5.41) is 20.8. The Morgan fingerprint density at radius 3 is 2.56 bits per heavy atom. The van der Waals surface area contributed by atoms with E-state index in [1.54, 1.807) is 0 Å². The topological polar surface area (TPSA) is 66.8 Å². The Kier molecular flexibility index (Phi) is 5.35. The maximum atomic E-state index is 11.9. The molecule has 27 heavy (non-hydrogen) atoms. The summed E-state index contributed by atoms with van der Waals surface area (Å²) in [7, 11) is 0. The number of carboxylic acids is 1. The van der Waals surface area contributed by atoms with Crippen molar-refractivity contribution in [2.24, 2.45) is 40.9 Å². The van der Waals surface area contributed by atoms with E-state index in [1.807, 2.05) is 6.92 Å². The summed E-state index contributed by atoms with van der Waals surface area (Å²) in [6.45, 7) is 5.45. The van der Waals surface area contributed by atoms with Crippen LogP contribution >= 0.6 is 0 Å². The van der Waals surface area contributed by atoms with Crippen LogP contribution in [-0.4, -0.2) is 35.0 Å². The molecule has 2 N–H and O–H groups in total. The van der Waals surface area contributed by atoms with Gasteiger partial charge in [0, 0.05) is 6.61 Å². The first-order chi connectivity index (χ1) is 12.9. The first-order valence-corrected chi connectivity index (χ1v) is 11.4.